The smallest absolute Gasteiger partial charge is 0.158 e. The Morgan fingerprint density at radius 3 is 3.00 bits per heavy atom. The number of aryl methyl sites for hydroxylation is 1. The van der Waals surface area contributed by atoms with E-state index in [1.165, 1.54) is 18.4 Å². The Morgan fingerprint density at radius 2 is 2.33 bits per heavy atom. The van der Waals surface area contributed by atoms with Crippen molar-refractivity contribution in [3.05, 3.63) is 34.0 Å². The first-order valence-electron chi connectivity index (χ1n) is 5.59. The lowest BCUT2D eigenvalue weighted by Gasteiger charge is -2.10. The predicted octanol–water partition coefficient (Wildman–Crippen LogP) is 3.75. The van der Waals surface area contributed by atoms with Gasteiger partial charge in [-0.3, -0.25) is 4.79 Å². The summed E-state index contributed by atoms with van der Waals surface area (Å²) in [5.41, 5.74) is 2.38. The van der Waals surface area contributed by atoms with E-state index in [1.807, 2.05) is 0 Å². The van der Waals surface area contributed by atoms with E-state index in [0.29, 0.717) is 12.2 Å². The summed E-state index contributed by atoms with van der Waals surface area (Å²) >= 11 is 1.70. The molecule has 1 aromatic heterocycles. The van der Waals surface area contributed by atoms with Crippen molar-refractivity contribution in [3.8, 4) is 0 Å². The minimum absolute atomic E-state index is 0.362. The summed E-state index contributed by atoms with van der Waals surface area (Å²) in [5.74, 6) is 0.362. The fourth-order valence-electron chi connectivity index (χ4n) is 1.94. The fraction of sp³-hybridized carbons (Fsp3) is 0.462. The molecule has 0 saturated heterocycles. The van der Waals surface area contributed by atoms with E-state index in [2.05, 4.69) is 22.9 Å². The number of hydrogen-bond donors (Lipinski definition) is 0. The molecule has 1 aliphatic rings. The zero-order valence-electron chi connectivity index (χ0n) is 8.87. The second-order valence-electron chi connectivity index (χ2n) is 4.03. The summed E-state index contributed by atoms with van der Waals surface area (Å²) in [5, 5.41) is 4.20. The maximum atomic E-state index is 11.8. The van der Waals surface area contributed by atoms with Gasteiger partial charge in [0.05, 0.1) is 0 Å². The van der Waals surface area contributed by atoms with Gasteiger partial charge >= 0.3 is 0 Å². The van der Waals surface area contributed by atoms with Crippen molar-refractivity contribution in [1.29, 1.82) is 0 Å². The van der Waals surface area contributed by atoms with Crippen LogP contribution in [0.3, 0.4) is 0 Å². The van der Waals surface area contributed by atoms with Gasteiger partial charge in [-0.25, -0.2) is 0 Å². The molecule has 0 spiro atoms. The molecule has 0 amide bonds. The third kappa shape index (κ3) is 3.03. The van der Waals surface area contributed by atoms with Gasteiger partial charge in [0.2, 0.25) is 0 Å². The monoisotopic (exact) mass is 220 g/mol. The normalized spacial score (nSPS) is 16.1. The summed E-state index contributed by atoms with van der Waals surface area (Å²) in [6, 6.07) is 2.10. The molecule has 2 rings (SSSR count). The molecule has 1 aliphatic carbocycles. The second kappa shape index (κ2) is 5.26. The number of rotatable bonds is 4. The van der Waals surface area contributed by atoms with E-state index < -0.39 is 0 Å². The lowest BCUT2D eigenvalue weighted by atomic mass is 9.94. The number of ketones is 1. The van der Waals surface area contributed by atoms with Gasteiger partial charge in [0.1, 0.15) is 0 Å². The largest absolute Gasteiger partial charge is 0.295 e. The quantitative estimate of drug-likeness (QED) is 0.755. The molecule has 1 aromatic rings. The first kappa shape index (κ1) is 10.6. The van der Waals surface area contributed by atoms with Crippen molar-refractivity contribution >= 4 is 17.1 Å². The highest BCUT2D eigenvalue weighted by Crippen LogP contribution is 2.20. The Bertz CT molecular complexity index is 349. The Labute approximate surface area is 94.8 Å². The van der Waals surface area contributed by atoms with Gasteiger partial charge < -0.3 is 0 Å². The molecule has 2 heteroatoms. The van der Waals surface area contributed by atoms with Crippen LogP contribution in [0, 0.1) is 0 Å². The van der Waals surface area contributed by atoms with Crippen LogP contribution in [-0.2, 0) is 11.2 Å². The molecule has 0 fully saturated rings. The van der Waals surface area contributed by atoms with Gasteiger partial charge in [-0.05, 0) is 60.1 Å². The van der Waals surface area contributed by atoms with Crippen LogP contribution in [0.5, 0.6) is 0 Å². The molecule has 0 aliphatic heterocycles. The van der Waals surface area contributed by atoms with Gasteiger partial charge in [0.15, 0.2) is 5.78 Å². The van der Waals surface area contributed by atoms with Crippen LogP contribution in [0.2, 0.25) is 0 Å². The molecule has 0 unspecified atom stereocenters. The number of thiophene rings is 1. The minimum atomic E-state index is 0.362. The van der Waals surface area contributed by atoms with Crippen molar-refractivity contribution in [1.82, 2.24) is 0 Å². The molecule has 15 heavy (non-hydrogen) atoms. The van der Waals surface area contributed by atoms with Crippen LogP contribution in [0.4, 0.5) is 0 Å². The third-order valence-electron chi connectivity index (χ3n) is 2.87. The van der Waals surface area contributed by atoms with Gasteiger partial charge in [0, 0.05) is 6.42 Å². The third-order valence-corrected chi connectivity index (χ3v) is 3.60. The molecule has 0 bridgehead atoms. The van der Waals surface area contributed by atoms with E-state index in [1.54, 1.807) is 11.3 Å². The topological polar surface area (TPSA) is 17.1 Å². The number of allylic oxidation sites excluding steroid dienone is 2. The molecule has 80 valence electrons. The summed E-state index contributed by atoms with van der Waals surface area (Å²) in [4.78, 5) is 11.8. The van der Waals surface area contributed by atoms with E-state index in [-0.39, 0.29) is 0 Å². The molecule has 0 atom stereocenters. The van der Waals surface area contributed by atoms with Crippen LogP contribution < -0.4 is 0 Å². The summed E-state index contributed by atoms with van der Waals surface area (Å²) < 4.78 is 0. The zero-order chi connectivity index (χ0) is 10.5. The Kier molecular flexibility index (Phi) is 3.73. The van der Waals surface area contributed by atoms with E-state index in [0.717, 1.165) is 24.8 Å². The first-order chi connectivity index (χ1) is 7.36. The SMILES string of the molecule is O=C(CCc1ccsc1)C1=CCCCC1. The summed E-state index contributed by atoms with van der Waals surface area (Å²) in [6.07, 6.45) is 8.26. The highest BCUT2D eigenvalue weighted by atomic mass is 32.1. The van der Waals surface area contributed by atoms with Crippen molar-refractivity contribution in [3.63, 3.8) is 0 Å². The number of carbonyl (C=O) groups excluding carboxylic acids is 1. The lowest BCUT2D eigenvalue weighted by Crippen LogP contribution is -2.06. The van der Waals surface area contributed by atoms with E-state index in [4.69, 9.17) is 0 Å². The molecule has 0 aromatic carbocycles. The number of hydrogen-bond acceptors (Lipinski definition) is 2. The van der Waals surface area contributed by atoms with Gasteiger partial charge in [0.25, 0.3) is 0 Å². The number of Topliss-reactive ketones (excluding diaryl/α,β-unsaturated/α-hetero) is 1. The molecule has 0 N–H and O–H groups in total. The lowest BCUT2D eigenvalue weighted by molar-refractivity contribution is -0.115. The molecule has 1 heterocycles. The highest BCUT2D eigenvalue weighted by molar-refractivity contribution is 7.07. The molecule has 1 nitrogen and oxygen atoms in total. The van der Waals surface area contributed by atoms with Crippen molar-refractivity contribution in [2.45, 2.75) is 38.5 Å². The van der Waals surface area contributed by atoms with Crippen molar-refractivity contribution in [2.24, 2.45) is 0 Å². The van der Waals surface area contributed by atoms with E-state index >= 15 is 0 Å². The second-order valence-corrected chi connectivity index (χ2v) is 4.81. The van der Waals surface area contributed by atoms with Gasteiger partial charge in [-0.2, -0.15) is 11.3 Å². The molecule has 0 radical (unpaired) electrons. The molecule has 0 saturated carbocycles. The van der Waals surface area contributed by atoms with Crippen LogP contribution in [0.25, 0.3) is 0 Å². The average molecular weight is 220 g/mol. The average Bonchev–Trinajstić information content (AvgIpc) is 2.80. The van der Waals surface area contributed by atoms with Crippen LogP contribution >= 0.6 is 11.3 Å². The summed E-state index contributed by atoms with van der Waals surface area (Å²) in [6.45, 7) is 0. The minimum Gasteiger partial charge on any atom is -0.295 e. The summed E-state index contributed by atoms with van der Waals surface area (Å²) in [7, 11) is 0. The van der Waals surface area contributed by atoms with Crippen molar-refractivity contribution in [2.75, 3.05) is 0 Å². The van der Waals surface area contributed by atoms with E-state index in [9.17, 15) is 4.79 Å². The van der Waals surface area contributed by atoms with Crippen LogP contribution in [-0.4, -0.2) is 5.78 Å². The predicted molar refractivity (Wildman–Crippen MR) is 64.2 cm³/mol. The van der Waals surface area contributed by atoms with Crippen LogP contribution in [0.1, 0.15) is 37.7 Å². The van der Waals surface area contributed by atoms with Crippen LogP contribution in [0.15, 0.2) is 28.5 Å². The maximum Gasteiger partial charge on any atom is 0.158 e. The number of carbonyl (C=O) groups is 1. The zero-order valence-corrected chi connectivity index (χ0v) is 9.69. The van der Waals surface area contributed by atoms with Gasteiger partial charge in [-0.15, -0.1) is 0 Å². The Balaban J connectivity index is 1.84. The van der Waals surface area contributed by atoms with Gasteiger partial charge in [-0.1, -0.05) is 6.08 Å². The molecular weight excluding hydrogens is 204 g/mol. The standard InChI is InChI=1S/C13H16OS/c14-13(12-4-2-1-3-5-12)7-6-11-8-9-15-10-11/h4,8-10H,1-3,5-7H2. The first-order valence-corrected chi connectivity index (χ1v) is 6.54. The Morgan fingerprint density at radius 1 is 1.40 bits per heavy atom. The maximum absolute atomic E-state index is 11.8. The highest BCUT2D eigenvalue weighted by Gasteiger charge is 2.11. The molecular formula is C13H16OS. The fourth-order valence-corrected chi connectivity index (χ4v) is 2.65. The van der Waals surface area contributed by atoms with Crippen molar-refractivity contribution < 1.29 is 4.79 Å². The Hall–Kier alpha value is -0.890.